The zero-order valence-electron chi connectivity index (χ0n) is 12.2. The minimum absolute atomic E-state index is 0.879. The lowest BCUT2D eigenvalue weighted by Gasteiger charge is -2.30. The highest BCUT2D eigenvalue weighted by molar-refractivity contribution is 4.71. The summed E-state index contributed by atoms with van der Waals surface area (Å²) in [6.45, 7) is 7.11. The lowest BCUT2D eigenvalue weighted by atomic mass is 9.97. The third-order valence-electron chi connectivity index (χ3n) is 4.40. The number of rotatable bonds is 3. The van der Waals surface area contributed by atoms with Crippen LogP contribution in [0.3, 0.4) is 0 Å². The molecule has 0 radical (unpaired) electrons. The number of hydrogen-bond acceptors (Lipinski definition) is 1. The van der Waals surface area contributed by atoms with Gasteiger partial charge in [-0.25, -0.2) is 0 Å². The van der Waals surface area contributed by atoms with E-state index in [1.165, 1.54) is 83.7 Å². The summed E-state index contributed by atoms with van der Waals surface area (Å²) in [6.07, 6.45) is 16.2. The summed E-state index contributed by atoms with van der Waals surface area (Å²) < 4.78 is 0. The van der Waals surface area contributed by atoms with Gasteiger partial charge < -0.3 is 4.90 Å². The highest BCUT2D eigenvalue weighted by Gasteiger charge is 2.14. The van der Waals surface area contributed by atoms with E-state index in [-0.39, 0.29) is 0 Å². The van der Waals surface area contributed by atoms with Crippen molar-refractivity contribution in [1.82, 2.24) is 4.90 Å². The average Bonchev–Trinajstić information content (AvgIpc) is 2.33. The molecule has 0 aliphatic heterocycles. The maximum absolute atomic E-state index is 2.69. The predicted molar refractivity (Wildman–Crippen MR) is 77.5 cm³/mol. The van der Waals surface area contributed by atoms with Crippen molar-refractivity contribution in [2.24, 2.45) is 0 Å². The van der Waals surface area contributed by atoms with Crippen molar-refractivity contribution in [3.8, 4) is 0 Å². The summed E-state index contributed by atoms with van der Waals surface area (Å²) in [5.74, 6) is 0. The number of hydrogen-bond donors (Lipinski definition) is 0. The van der Waals surface area contributed by atoms with Gasteiger partial charge in [-0.1, -0.05) is 71.6 Å². The molecule has 17 heavy (non-hydrogen) atoms. The molecule has 1 saturated carbocycles. The molecule has 0 aromatic carbocycles. The summed E-state index contributed by atoms with van der Waals surface area (Å²) in [5.41, 5.74) is 0. The van der Waals surface area contributed by atoms with E-state index < -0.39 is 0 Å². The second kappa shape index (κ2) is 9.94. The normalized spacial score (nSPS) is 22.1. The van der Waals surface area contributed by atoms with Crippen molar-refractivity contribution in [2.45, 2.75) is 90.5 Å². The van der Waals surface area contributed by atoms with Crippen LogP contribution < -0.4 is 0 Å². The van der Waals surface area contributed by atoms with E-state index >= 15 is 0 Å². The summed E-state index contributed by atoms with van der Waals surface area (Å²) >= 11 is 0. The van der Waals surface area contributed by atoms with Crippen LogP contribution in [0.2, 0.25) is 0 Å². The van der Waals surface area contributed by atoms with Gasteiger partial charge in [-0.15, -0.1) is 0 Å². The molecule has 0 atom stereocenters. The van der Waals surface area contributed by atoms with E-state index in [4.69, 9.17) is 0 Å². The molecule has 0 heterocycles. The monoisotopic (exact) mass is 239 g/mol. The first-order valence-electron chi connectivity index (χ1n) is 8.12. The van der Waals surface area contributed by atoms with Crippen molar-refractivity contribution in [3.05, 3.63) is 0 Å². The quantitative estimate of drug-likeness (QED) is 0.670. The first-order valence-corrected chi connectivity index (χ1v) is 8.12. The fraction of sp³-hybridized carbons (Fsp3) is 1.00. The van der Waals surface area contributed by atoms with Crippen molar-refractivity contribution >= 4 is 0 Å². The van der Waals surface area contributed by atoms with E-state index in [1.807, 2.05) is 0 Å². The van der Waals surface area contributed by atoms with E-state index in [9.17, 15) is 0 Å². The van der Waals surface area contributed by atoms with Gasteiger partial charge in [-0.2, -0.15) is 0 Å². The lowest BCUT2D eigenvalue weighted by Crippen LogP contribution is -2.35. The van der Waals surface area contributed by atoms with E-state index in [1.54, 1.807) is 0 Å². The summed E-state index contributed by atoms with van der Waals surface area (Å²) in [7, 11) is 0. The van der Waals surface area contributed by atoms with Crippen molar-refractivity contribution in [3.63, 3.8) is 0 Å². The van der Waals surface area contributed by atoms with Gasteiger partial charge in [0, 0.05) is 6.04 Å². The van der Waals surface area contributed by atoms with Crippen LogP contribution in [0.15, 0.2) is 0 Å². The van der Waals surface area contributed by atoms with Crippen molar-refractivity contribution in [2.75, 3.05) is 13.1 Å². The standard InChI is InChI=1S/C16H33N/c1-3-17(4-2)16-14-12-10-8-6-5-7-9-11-13-15-16/h16H,3-15H2,1-2H3. The molecule has 1 rings (SSSR count). The fourth-order valence-corrected chi connectivity index (χ4v) is 3.25. The largest absolute Gasteiger partial charge is 0.301 e. The van der Waals surface area contributed by atoms with Crippen LogP contribution in [0.4, 0.5) is 0 Å². The minimum atomic E-state index is 0.879. The van der Waals surface area contributed by atoms with Gasteiger partial charge in [-0.3, -0.25) is 0 Å². The Balaban J connectivity index is 2.36. The SMILES string of the molecule is CCN(CC)C1CCCCCCCCCCC1. The molecular weight excluding hydrogens is 206 g/mol. The van der Waals surface area contributed by atoms with Crippen LogP contribution in [0.1, 0.15) is 84.5 Å². The Hall–Kier alpha value is -0.0400. The van der Waals surface area contributed by atoms with Gasteiger partial charge in [0.2, 0.25) is 0 Å². The molecule has 102 valence electrons. The van der Waals surface area contributed by atoms with Crippen LogP contribution in [0.5, 0.6) is 0 Å². The Bertz CT molecular complexity index is 151. The second-order valence-corrected chi connectivity index (χ2v) is 5.63. The maximum atomic E-state index is 2.69. The van der Waals surface area contributed by atoms with E-state index in [0.717, 1.165) is 6.04 Å². The van der Waals surface area contributed by atoms with Gasteiger partial charge in [0.05, 0.1) is 0 Å². The molecule has 1 fully saturated rings. The summed E-state index contributed by atoms with van der Waals surface area (Å²) in [4.78, 5) is 2.69. The van der Waals surface area contributed by atoms with Gasteiger partial charge in [0.1, 0.15) is 0 Å². The lowest BCUT2D eigenvalue weighted by molar-refractivity contribution is 0.187. The topological polar surface area (TPSA) is 3.24 Å². The van der Waals surface area contributed by atoms with Crippen molar-refractivity contribution in [1.29, 1.82) is 0 Å². The van der Waals surface area contributed by atoms with Crippen LogP contribution >= 0.6 is 0 Å². The average molecular weight is 239 g/mol. The Morgan fingerprint density at radius 2 is 1.00 bits per heavy atom. The molecule has 1 heteroatoms. The summed E-state index contributed by atoms with van der Waals surface area (Å²) in [5, 5.41) is 0. The molecule has 0 amide bonds. The van der Waals surface area contributed by atoms with Crippen LogP contribution in [0, 0.1) is 0 Å². The first-order chi connectivity index (χ1) is 8.38. The third-order valence-corrected chi connectivity index (χ3v) is 4.40. The molecule has 0 bridgehead atoms. The van der Waals surface area contributed by atoms with Gasteiger partial charge >= 0.3 is 0 Å². The molecule has 0 aromatic rings. The van der Waals surface area contributed by atoms with Crippen LogP contribution in [0.25, 0.3) is 0 Å². The zero-order valence-corrected chi connectivity index (χ0v) is 12.2. The highest BCUT2D eigenvalue weighted by atomic mass is 15.1. The molecule has 0 unspecified atom stereocenters. The van der Waals surface area contributed by atoms with Crippen LogP contribution in [-0.2, 0) is 0 Å². The Kier molecular flexibility index (Phi) is 8.78. The fourth-order valence-electron chi connectivity index (χ4n) is 3.25. The molecule has 0 N–H and O–H groups in total. The highest BCUT2D eigenvalue weighted by Crippen LogP contribution is 2.20. The first kappa shape index (κ1) is 15.0. The maximum Gasteiger partial charge on any atom is 0.00950 e. The van der Waals surface area contributed by atoms with Crippen LogP contribution in [-0.4, -0.2) is 24.0 Å². The van der Waals surface area contributed by atoms with Gasteiger partial charge in [-0.05, 0) is 25.9 Å². The third kappa shape index (κ3) is 6.45. The Labute approximate surface area is 109 Å². The van der Waals surface area contributed by atoms with E-state index in [0.29, 0.717) is 0 Å². The smallest absolute Gasteiger partial charge is 0.00950 e. The molecule has 1 aliphatic carbocycles. The Morgan fingerprint density at radius 3 is 1.35 bits per heavy atom. The molecule has 1 aliphatic rings. The molecule has 1 nitrogen and oxygen atoms in total. The van der Waals surface area contributed by atoms with Gasteiger partial charge in [0.15, 0.2) is 0 Å². The number of nitrogens with zero attached hydrogens (tertiary/aromatic N) is 1. The predicted octanol–water partition coefficient (Wildman–Crippen LogP) is 5.00. The molecule has 0 spiro atoms. The van der Waals surface area contributed by atoms with E-state index in [2.05, 4.69) is 18.7 Å². The van der Waals surface area contributed by atoms with Crippen molar-refractivity contribution < 1.29 is 0 Å². The van der Waals surface area contributed by atoms with Gasteiger partial charge in [0.25, 0.3) is 0 Å². The minimum Gasteiger partial charge on any atom is -0.301 e. The molecule has 0 aromatic heterocycles. The Morgan fingerprint density at radius 1 is 0.647 bits per heavy atom. The zero-order chi connectivity index (χ0) is 12.3. The molecular formula is C16H33N. The molecule has 0 saturated heterocycles. The summed E-state index contributed by atoms with van der Waals surface area (Å²) in [6, 6.07) is 0.879. The second-order valence-electron chi connectivity index (χ2n) is 5.63.